The lowest BCUT2D eigenvalue weighted by molar-refractivity contribution is 0.314. The highest BCUT2D eigenvalue weighted by atomic mass is 16.5. The van der Waals surface area contributed by atoms with E-state index in [9.17, 15) is 4.79 Å². The van der Waals surface area contributed by atoms with Gasteiger partial charge in [-0.3, -0.25) is 4.79 Å². The molecule has 1 radical (unpaired) electrons. The van der Waals surface area contributed by atoms with Crippen molar-refractivity contribution in [3.63, 3.8) is 0 Å². The smallest absolute Gasteiger partial charge is 0.271 e. The fourth-order valence-electron chi connectivity index (χ4n) is 0.831. The molecular weight excluding hydrogens is 152 g/mol. The lowest BCUT2D eigenvalue weighted by atomic mass is 10.2. The summed E-state index contributed by atoms with van der Waals surface area (Å²) in [7, 11) is 1.44. The van der Waals surface area contributed by atoms with E-state index in [1.54, 1.807) is 12.4 Å². The number of hydrogen-bond donors (Lipinski definition) is 0. The van der Waals surface area contributed by atoms with Gasteiger partial charge in [-0.1, -0.05) is 30.3 Å². The Morgan fingerprint density at radius 2 is 2.08 bits per heavy atom. The highest BCUT2D eigenvalue weighted by Gasteiger charge is 1.93. The fourth-order valence-corrected chi connectivity index (χ4v) is 0.831. The Hall–Kier alpha value is -1.57. The van der Waals surface area contributed by atoms with Crippen molar-refractivity contribution >= 4 is 12.4 Å². The molecule has 1 aromatic rings. The highest BCUT2D eigenvalue weighted by molar-refractivity contribution is 5.79. The third-order valence-corrected chi connectivity index (χ3v) is 1.42. The maximum absolute atomic E-state index is 10.2. The van der Waals surface area contributed by atoms with Crippen LogP contribution in [-0.2, 0) is 9.53 Å². The van der Waals surface area contributed by atoms with E-state index >= 15 is 0 Å². The molecule has 0 amide bonds. The molecule has 2 nitrogen and oxygen atoms in total. The van der Waals surface area contributed by atoms with Crippen molar-refractivity contribution in [1.29, 1.82) is 0 Å². The average molecular weight is 161 g/mol. The van der Waals surface area contributed by atoms with Crippen LogP contribution in [0, 0.1) is 0 Å². The van der Waals surface area contributed by atoms with Crippen LogP contribution in [0.25, 0.3) is 6.08 Å². The summed E-state index contributed by atoms with van der Waals surface area (Å²) in [4.78, 5) is 10.2. The van der Waals surface area contributed by atoms with E-state index in [1.807, 2.05) is 30.3 Å². The first-order valence-corrected chi connectivity index (χ1v) is 3.55. The molecular formula is C10H9O2. The predicted octanol–water partition coefficient (Wildman–Crippen LogP) is 1.78. The maximum atomic E-state index is 10.2. The fraction of sp³-hybridized carbons (Fsp3) is 0.100. The van der Waals surface area contributed by atoms with Crippen molar-refractivity contribution in [2.24, 2.45) is 0 Å². The highest BCUT2D eigenvalue weighted by Crippen LogP contribution is 2.04. The second-order valence-electron chi connectivity index (χ2n) is 2.23. The van der Waals surface area contributed by atoms with Crippen molar-refractivity contribution in [3.05, 3.63) is 41.7 Å². The van der Waals surface area contributed by atoms with Gasteiger partial charge >= 0.3 is 0 Å². The van der Waals surface area contributed by atoms with Crippen molar-refractivity contribution in [3.8, 4) is 0 Å². The average Bonchev–Trinajstić information content (AvgIpc) is 2.16. The Morgan fingerprint density at radius 1 is 1.42 bits per heavy atom. The number of methoxy groups -OCH3 is 1. The summed E-state index contributed by atoms with van der Waals surface area (Å²) >= 11 is 0. The monoisotopic (exact) mass is 161 g/mol. The van der Waals surface area contributed by atoms with E-state index in [4.69, 9.17) is 4.74 Å². The van der Waals surface area contributed by atoms with Gasteiger partial charge in [-0.05, 0) is 11.6 Å². The van der Waals surface area contributed by atoms with Gasteiger partial charge in [0.1, 0.15) is 0 Å². The van der Waals surface area contributed by atoms with E-state index < -0.39 is 0 Å². The minimum Gasteiger partial charge on any atom is -0.492 e. The molecule has 0 aliphatic carbocycles. The predicted molar refractivity (Wildman–Crippen MR) is 47.1 cm³/mol. The normalized spacial score (nSPS) is 10.9. The van der Waals surface area contributed by atoms with Gasteiger partial charge in [0.2, 0.25) is 0 Å². The number of ether oxygens (including phenoxy) is 1. The standard InChI is InChI=1S/C10H9O2/c1-12-10(8-11)7-9-5-3-2-4-6-9/h2-7H,1H3/b10-7-. The van der Waals surface area contributed by atoms with Crippen LogP contribution in [0.5, 0.6) is 0 Å². The molecule has 0 N–H and O–H groups in total. The molecule has 0 bridgehead atoms. The summed E-state index contributed by atoms with van der Waals surface area (Å²) < 4.78 is 4.74. The van der Waals surface area contributed by atoms with Gasteiger partial charge in [0.25, 0.3) is 6.29 Å². The number of carbonyl (C=O) groups excluding carboxylic acids is 1. The van der Waals surface area contributed by atoms with E-state index in [0.717, 1.165) is 5.56 Å². The van der Waals surface area contributed by atoms with Crippen LogP contribution in [0.3, 0.4) is 0 Å². The summed E-state index contributed by atoms with van der Waals surface area (Å²) in [5.41, 5.74) is 0.928. The molecule has 0 heterocycles. The topological polar surface area (TPSA) is 26.3 Å². The Bertz CT molecular complexity index is 275. The second-order valence-corrected chi connectivity index (χ2v) is 2.23. The van der Waals surface area contributed by atoms with Crippen LogP contribution in [0.2, 0.25) is 0 Å². The molecule has 12 heavy (non-hydrogen) atoms. The van der Waals surface area contributed by atoms with Crippen LogP contribution in [-0.4, -0.2) is 13.4 Å². The minimum absolute atomic E-state index is 0.209. The van der Waals surface area contributed by atoms with E-state index in [1.165, 1.54) is 7.11 Å². The maximum Gasteiger partial charge on any atom is 0.271 e. The van der Waals surface area contributed by atoms with E-state index in [2.05, 4.69) is 0 Å². The van der Waals surface area contributed by atoms with Crippen LogP contribution >= 0.6 is 0 Å². The molecule has 0 aliphatic rings. The van der Waals surface area contributed by atoms with Crippen molar-refractivity contribution in [1.82, 2.24) is 0 Å². The third-order valence-electron chi connectivity index (χ3n) is 1.42. The summed E-state index contributed by atoms with van der Waals surface area (Å²) in [6.45, 7) is 0. The molecule has 0 saturated carbocycles. The van der Waals surface area contributed by atoms with Crippen LogP contribution in [0.15, 0.2) is 36.1 Å². The first-order chi connectivity index (χ1) is 5.86. The van der Waals surface area contributed by atoms with Gasteiger partial charge in [-0.2, -0.15) is 0 Å². The number of allylic oxidation sites excluding steroid dienone is 1. The minimum atomic E-state index is 0.209. The molecule has 0 fully saturated rings. The van der Waals surface area contributed by atoms with Gasteiger partial charge < -0.3 is 4.74 Å². The number of benzene rings is 1. The zero-order valence-electron chi connectivity index (χ0n) is 6.78. The summed E-state index contributed by atoms with van der Waals surface area (Å²) in [5.74, 6) is 0.209. The van der Waals surface area contributed by atoms with Gasteiger partial charge in [-0.15, -0.1) is 0 Å². The first kappa shape index (κ1) is 8.53. The van der Waals surface area contributed by atoms with E-state index in [0.29, 0.717) is 0 Å². The van der Waals surface area contributed by atoms with Crippen molar-refractivity contribution < 1.29 is 9.53 Å². The second kappa shape index (κ2) is 4.34. The van der Waals surface area contributed by atoms with Gasteiger partial charge in [0, 0.05) is 0 Å². The molecule has 0 spiro atoms. The molecule has 2 heteroatoms. The third kappa shape index (κ3) is 2.23. The quantitative estimate of drug-likeness (QED) is 0.499. The Balaban J connectivity index is 2.86. The number of hydrogen-bond acceptors (Lipinski definition) is 2. The van der Waals surface area contributed by atoms with E-state index in [-0.39, 0.29) is 5.76 Å². The lowest BCUT2D eigenvalue weighted by Gasteiger charge is -1.95. The summed E-state index contributed by atoms with van der Waals surface area (Å²) in [5, 5.41) is 0. The van der Waals surface area contributed by atoms with Crippen LogP contribution in [0.1, 0.15) is 5.56 Å². The summed E-state index contributed by atoms with van der Waals surface area (Å²) in [6.07, 6.45) is 3.32. The van der Waals surface area contributed by atoms with Crippen molar-refractivity contribution in [2.45, 2.75) is 0 Å². The van der Waals surface area contributed by atoms with Gasteiger partial charge in [0.15, 0.2) is 5.76 Å². The first-order valence-electron chi connectivity index (χ1n) is 3.55. The summed E-state index contributed by atoms with van der Waals surface area (Å²) in [6, 6.07) is 9.47. The Morgan fingerprint density at radius 3 is 2.58 bits per heavy atom. The Kier molecular flexibility index (Phi) is 3.08. The SMILES string of the molecule is CO/C([C]=O)=C\c1ccccc1. The zero-order chi connectivity index (χ0) is 8.81. The van der Waals surface area contributed by atoms with Crippen molar-refractivity contribution in [2.75, 3.05) is 7.11 Å². The molecule has 0 atom stereocenters. The zero-order valence-corrected chi connectivity index (χ0v) is 6.78. The molecule has 1 aromatic carbocycles. The van der Waals surface area contributed by atoms with Gasteiger partial charge in [-0.25, -0.2) is 0 Å². The molecule has 1 rings (SSSR count). The number of rotatable bonds is 3. The Labute approximate surface area is 71.5 Å². The van der Waals surface area contributed by atoms with Gasteiger partial charge in [0.05, 0.1) is 7.11 Å². The van der Waals surface area contributed by atoms with Crippen LogP contribution in [0.4, 0.5) is 0 Å². The lowest BCUT2D eigenvalue weighted by Crippen LogP contribution is -1.86. The van der Waals surface area contributed by atoms with Crippen LogP contribution < -0.4 is 0 Å². The molecule has 0 unspecified atom stereocenters. The molecule has 0 aromatic heterocycles. The largest absolute Gasteiger partial charge is 0.492 e. The molecule has 0 aliphatic heterocycles. The molecule has 0 saturated heterocycles. The molecule has 61 valence electrons.